The number of methoxy groups -OCH3 is 1. The first-order chi connectivity index (χ1) is 15.0. The molecule has 1 heterocycles. The summed E-state index contributed by atoms with van der Waals surface area (Å²) in [5.74, 6) is 1.38. The summed E-state index contributed by atoms with van der Waals surface area (Å²) in [4.78, 5) is 30.4. The number of unbranched alkanes of at least 4 members (excludes halogenated alkanes) is 2. The molecule has 164 valence electrons. The van der Waals surface area contributed by atoms with E-state index < -0.39 is 12.2 Å². The summed E-state index contributed by atoms with van der Waals surface area (Å²) < 4.78 is 10.6. The van der Waals surface area contributed by atoms with Crippen LogP contribution in [-0.4, -0.2) is 36.1 Å². The van der Waals surface area contributed by atoms with Gasteiger partial charge in [-0.05, 0) is 48.2 Å². The number of H-pyrrole nitrogens is 1. The van der Waals surface area contributed by atoms with Gasteiger partial charge in [-0.1, -0.05) is 24.6 Å². The largest absolute Gasteiger partial charge is 0.497 e. The van der Waals surface area contributed by atoms with Crippen LogP contribution in [0.1, 0.15) is 44.0 Å². The van der Waals surface area contributed by atoms with Crippen LogP contribution in [0.5, 0.6) is 5.75 Å². The molecule has 0 aliphatic carbocycles. The van der Waals surface area contributed by atoms with Gasteiger partial charge in [-0.3, -0.25) is 4.79 Å². The van der Waals surface area contributed by atoms with Crippen molar-refractivity contribution in [3.8, 4) is 17.0 Å². The summed E-state index contributed by atoms with van der Waals surface area (Å²) in [6.45, 7) is 0. The quantitative estimate of drug-likeness (QED) is 0.424. The summed E-state index contributed by atoms with van der Waals surface area (Å²) in [7, 11) is 3.27. The fraction of sp³-hybridized carbons (Fsp3) is 0.348. The molecule has 31 heavy (non-hydrogen) atoms. The summed E-state index contributed by atoms with van der Waals surface area (Å²) in [5, 5.41) is 4.76. The third-order valence-electron chi connectivity index (χ3n) is 5.17. The number of nitrogens with one attached hydrogen (secondary N) is 2. The fourth-order valence-corrected chi connectivity index (χ4v) is 3.47. The van der Waals surface area contributed by atoms with Gasteiger partial charge in [0.15, 0.2) is 6.10 Å². The van der Waals surface area contributed by atoms with E-state index in [1.54, 1.807) is 20.4 Å². The monoisotopic (exact) mass is 424 g/mol. The van der Waals surface area contributed by atoms with E-state index in [2.05, 4.69) is 21.4 Å². The second-order valence-electron chi connectivity index (χ2n) is 7.31. The Morgan fingerprint density at radius 3 is 2.65 bits per heavy atom. The van der Waals surface area contributed by atoms with Crippen LogP contribution in [-0.2, 0) is 9.53 Å². The summed E-state index contributed by atoms with van der Waals surface area (Å²) >= 11 is 0. The van der Waals surface area contributed by atoms with Gasteiger partial charge in [0.25, 0.3) is 0 Å². The zero-order valence-corrected chi connectivity index (χ0v) is 17.8. The smallest absolute Gasteiger partial charge is 0.405 e. The van der Waals surface area contributed by atoms with Gasteiger partial charge < -0.3 is 25.5 Å². The Morgan fingerprint density at radius 2 is 1.90 bits per heavy atom. The van der Waals surface area contributed by atoms with E-state index in [1.165, 1.54) is 0 Å². The third kappa shape index (κ3) is 5.97. The van der Waals surface area contributed by atoms with Gasteiger partial charge in [0.2, 0.25) is 5.91 Å². The number of primary amides is 1. The molecule has 2 amide bonds. The van der Waals surface area contributed by atoms with Crippen molar-refractivity contribution in [3.05, 3.63) is 48.4 Å². The molecule has 1 unspecified atom stereocenters. The summed E-state index contributed by atoms with van der Waals surface area (Å²) in [6.07, 6.45) is 3.77. The van der Waals surface area contributed by atoms with Crippen molar-refractivity contribution in [2.75, 3.05) is 14.2 Å². The highest BCUT2D eigenvalue weighted by molar-refractivity contribution is 5.87. The van der Waals surface area contributed by atoms with Gasteiger partial charge in [0.1, 0.15) is 11.6 Å². The highest BCUT2D eigenvalue weighted by atomic mass is 16.6. The van der Waals surface area contributed by atoms with Gasteiger partial charge >= 0.3 is 6.09 Å². The molecular weight excluding hydrogens is 396 g/mol. The van der Waals surface area contributed by atoms with E-state index in [0.29, 0.717) is 18.7 Å². The number of hydrogen-bond acceptors (Lipinski definition) is 5. The molecule has 1 atom stereocenters. The number of fused-ring (bicyclic) bond motifs is 1. The average Bonchev–Trinajstić information content (AvgIpc) is 3.27. The molecule has 4 N–H and O–H groups in total. The van der Waals surface area contributed by atoms with Crippen molar-refractivity contribution in [1.29, 1.82) is 0 Å². The number of aromatic amines is 1. The zero-order chi connectivity index (χ0) is 22.2. The van der Waals surface area contributed by atoms with Crippen LogP contribution in [0, 0.1) is 0 Å². The first-order valence-corrected chi connectivity index (χ1v) is 10.3. The van der Waals surface area contributed by atoms with Crippen molar-refractivity contribution < 1.29 is 19.1 Å². The molecule has 0 radical (unpaired) electrons. The topological polar surface area (TPSA) is 119 Å². The number of benzene rings is 2. The van der Waals surface area contributed by atoms with Crippen molar-refractivity contribution in [3.63, 3.8) is 0 Å². The predicted octanol–water partition coefficient (Wildman–Crippen LogP) is 4.07. The Kier molecular flexibility index (Phi) is 7.48. The highest BCUT2D eigenvalue weighted by Crippen LogP contribution is 2.28. The standard InChI is InChI=1S/C23H28N4O4/c1-25-21(28)7-5-3-4-6-20(31-23(24)29)22-26-14-19(27-22)17-9-8-16-13-18(30-2)11-10-15(16)12-17/h8-14,20H,3-7H2,1-2H3,(H2,24,29)(H,25,28)(H,26,27). The number of nitrogens with zero attached hydrogens (tertiary/aromatic N) is 1. The first kappa shape index (κ1) is 22.1. The molecule has 8 nitrogen and oxygen atoms in total. The molecule has 0 spiro atoms. The van der Waals surface area contributed by atoms with Gasteiger partial charge in [-0.2, -0.15) is 0 Å². The van der Waals surface area contributed by atoms with E-state index in [9.17, 15) is 9.59 Å². The Bertz CT molecular complexity index is 1050. The molecule has 0 aliphatic rings. The summed E-state index contributed by atoms with van der Waals surface area (Å²) in [5.41, 5.74) is 7.05. The molecular formula is C23H28N4O4. The molecule has 0 bridgehead atoms. The van der Waals surface area contributed by atoms with Crippen LogP contribution in [0.2, 0.25) is 0 Å². The predicted molar refractivity (Wildman–Crippen MR) is 119 cm³/mol. The zero-order valence-electron chi connectivity index (χ0n) is 17.8. The lowest BCUT2D eigenvalue weighted by molar-refractivity contribution is -0.120. The lowest BCUT2D eigenvalue weighted by Gasteiger charge is -2.14. The van der Waals surface area contributed by atoms with Crippen LogP contribution in [0.15, 0.2) is 42.6 Å². The number of nitrogens with two attached hydrogens (primary N) is 1. The Morgan fingerprint density at radius 1 is 1.13 bits per heavy atom. The molecule has 2 aromatic carbocycles. The van der Waals surface area contributed by atoms with Crippen molar-refractivity contribution in [1.82, 2.24) is 15.3 Å². The average molecular weight is 425 g/mol. The maximum absolute atomic E-state index is 11.4. The SMILES string of the molecule is CNC(=O)CCCCCC(OC(N)=O)c1ncc(-c2ccc3cc(OC)ccc3c2)[nH]1. The minimum absolute atomic E-state index is 0.0226. The minimum atomic E-state index is -0.840. The third-order valence-corrected chi connectivity index (χ3v) is 5.17. The van der Waals surface area contributed by atoms with Crippen LogP contribution in [0.3, 0.4) is 0 Å². The van der Waals surface area contributed by atoms with Gasteiger partial charge in [0.05, 0.1) is 19.0 Å². The van der Waals surface area contributed by atoms with Crippen LogP contribution in [0.4, 0.5) is 4.79 Å². The second-order valence-corrected chi connectivity index (χ2v) is 7.31. The van der Waals surface area contributed by atoms with Crippen molar-refractivity contribution >= 4 is 22.8 Å². The number of hydrogen-bond donors (Lipinski definition) is 3. The number of carbonyl (C=O) groups excluding carboxylic acids is 2. The number of carbonyl (C=O) groups is 2. The van der Waals surface area contributed by atoms with Crippen LogP contribution >= 0.6 is 0 Å². The molecule has 1 aromatic heterocycles. The maximum atomic E-state index is 11.4. The van der Waals surface area contributed by atoms with Crippen LogP contribution < -0.4 is 15.8 Å². The van der Waals surface area contributed by atoms with Gasteiger partial charge in [-0.15, -0.1) is 0 Å². The van der Waals surface area contributed by atoms with Gasteiger partial charge in [-0.25, -0.2) is 9.78 Å². The molecule has 0 fully saturated rings. The maximum Gasteiger partial charge on any atom is 0.405 e. The first-order valence-electron chi connectivity index (χ1n) is 10.3. The van der Waals surface area contributed by atoms with E-state index >= 15 is 0 Å². The number of imidazole rings is 1. The van der Waals surface area contributed by atoms with E-state index in [4.69, 9.17) is 15.2 Å². The molecule has 0 aliphatic heterocycles. The number of amides is 2. The number of aromatic nitrogens is 2. The lowest BCUT2D eigenvalue weighted by Crippen LogP contribution is -2.18. The summed E-state index contributed by atoms with van der Waals surface area (Å²) in [6, 6.07) is 12.0. The Hall–Kier alpha value is -3.55. The van der Waals surface area contributed by atoms with E-state index in [1.807, 2.05) is 30.3 Å². The minimum Gasteiger partial charge on any atom is -0.497 e. The lowest BCUT2D eigenvalue weighted by atomic mass is 10.1. The normalized spacial score (nSPS) is 11.8. The molecule has 3 rings (SSSR count). The van der Waals surface area contributed by atoms with Crippen LogP contribution in [0.25, 0.3) is 22.0 Å². The number of rotatable bonds is 10. The number of ether oxygens (including phenoxy) is 2. The Balaban J connectivity index is 1.70. The van der Waals surface area contributed by atoms with Crippen molar-refractivity contribution in [2.24, 2.45) is 5.73 Å². The molecule has 0 saturated heterocycles. The highest BCUT2D eigenvalue weighted by Gasteiger charge is 2.19. The second kappa shape index (κ2) is 10.5. The van der Waals surface area contributed by atoms with Crippen molar-refractivity contribution in [2.45, 2.75) is 38.2 Å². The van der Waals surface area contributed by atoms with Gasteiger partial charge in [0, 0.05) is 19.0 Å². The molecule has 8 heteroatoms. The molecule has 3 aromatic rings. The van der Waals surface area contributed by atoms with E-state index in [-0.39, 0.29) is 5.91 Å². The van der Waals surface area contributed by atoms with E-state index in [0.717, 1.165) is 47.0 Å². The Labute approximate surface area is 181 Å². The fourth-order valence-electron chi connectivity index (χ4n) is 3.47. The molecule has 0 saturated carbocycles.